The molecule has 122 valence electrons. The second-order valence-corrected chi connectivity index (χ2v) is 5.20. The quantitative estimate of drug-likeness (QED) is 0.907. The molecule has 0 aliphatic rings. The Hall–Kier alpha value is -2.57. The van der Waals surface area contributed by atoms with E-state index >= 15 is 0 Å². The normalized spacial score (nSPS) is 12.9. The molecule has 0 aliphatic heterocycles. The van der Waals surface area contributed by atoms with Gasteiger partial charge in [0.1, 0.15) is 6.42 Å². The molecule has 0 aliphatic carbocycles. The number of alkyl halides is 3. The van der Waals surface area contributed by atoms with Crippen LogP contribution in [0.25, 0.3) is 10.8 Å². The Morgan fingerprint density at radius 3 is 2.43 bits per heavy atom. The van der Waals surface area contributed by atoms with E-state index in [2.05, 4.69) is 5.32 Å². The maximum absolute atomic E-state index is 12.2. The second-order valence-electron chi connectivity index (χ2n) is 5.20. The highest BCUT2D eigenvalue weighted by Gasteiger charge is 2.32. The average Bonchev–Trinajstić information content (AvgIpc) is 2.43. The molecule has 0 heterocycles. The first-order valence-electron chi connectivity index (χ1n) is 6.86. The number of carbonyl (C=O) groups is 2. The van der Waals surface area contributed by atoms with Crippen LogP contribution in [0.15, 0.2) is 36.4 Å². The number of nitrogens with two attached hydrogens (primary N) is 1. The van der Waals surface area contributed by atoms with Crippen molar-refractivity contribution >= 4 is 22.6 Å². The van der Waals surface area contributed by atoms with E-state index in [-0.39, 0.29) is 5.56 Å². The van der Waals surface area contributed by atoms with Crippen molar-refractivity contribution in [2.75, 3.05) is 0 Å². The molecule has 0 fully saturated rings. The largest absolute Gasteiger partial charge is 0.397 e. The van der Waals surface area contributed by atoms with Gasteiger partial charge in [-0.15, -0.1) is 0 Å². The molecule has 7 heteroatoms. The zero-order valence-corrected chi connectivity index (χ0v) is 12.3. The molecule has 0 aromatic heterocycles. The molecule has 1 atom stereocenters. The van der Waals surface area contributed by atoms with Gasteiger partial charge in [0.05, 0.1) is 11.6 Å². The Labute approximate surface area is 130 Å². The van der Waals surface area contributed by atoms with Crippen LogP contribution in [0.3, 0.4) is 0 Å². The number of fused-ring (bicyclic) bond motifs is 1. The van der Waals surface area contributed by atoms with Gasteiger partial charge in [-0.25, -0.2) is 0 Å². The summed E-state index contributed by atoms with van der Waals surface area (Å²) in [6.07, 6.45) is -6.16. The Morgan fingerprint density at radius 2 is 1.83 bits per heavy atom. The molecule has 0 saturated heterocycles. The molecule has 0 unspecified atom stereocenters. The van der Waals surface area contributed by atoms with Crippen LogP contribution in [-0.4, -0.2) is 18.0 Å². The van der Waals surface area contributed by atoms with Crippen molar-refractivity contribution in [1.29, 1.82) is 0 Å². The number of amides is 2. The van der Waals surface area contributed by atoms with Crippen LogP contribution in [0.2, 0.25) is 0 Å². The zero-order valence-electron chi connectivity index (χ0n) is 12.3. The summed E-state index contributed by atoms with van der Waals surface area (Å²) < 4.78 is 36.7. The molecule has 4 nitrogen and oxygen atoms in total. The summed E-state index contributed by atoms with van der Waals surface area (Å²) in [7, 11) is 0. The smallest absolute Gasteiger partial charge is 0.366 e. The molecule has 3 N–H and O–H groups in total. The fourth-order valence-corrected chi connectivity index (χ4v) is 2.48. The minimum absolute atomic E-state index is 0.197. The Balaban J connectivity index is 2.37. The van der Waals surface area contributed by atoms with Crippen molar-refractivity contribution in [3.8, 4) is 0 Å². The summed E-state index contributed by atoms with van der Waals surface area (Å²) in [6, 6.07) is 9.54. The number of carbonyl (C=O) groups excluding carboxylic acids is 2. The lowest BCUT2D eigenvalue weighted by atomic mass is 9.94. The van der Waals surface area contributed by atoms with Crippen LogP contribution in [0.5, 0.6) is 0 Å². The number of hydrogen-bond acceptors (Lipinski definition) is 2. The fourth-order valence-electron chi connectivity index (χ4n) is 2.48. The number of rotatable bonds is 4. The Bertz CT molecular complexity index is 757. The highest BCUT2D eigenvalue weighted by atomic mass is 19.4. The molecule has 0 saturated carbocycles. The summed E-state index contributed by atoms with van der Waals surface area (Å²) >= 11 is 0. The van der Waals surface area contributed by atoms with Crippen LogP contribution in [0, 0.1) is 0 Å². The topological polar surface area (TPSA) is 72.2 Å². The van der Waals surface area contributed by atoms with Crippen molar-refractivity contribution in [1.82, 2.24) is 5.32 Å². The highest BCUT2D eigenvalue weighted by Crippen LogP contribution is 2.27. The number of nitrogens with one attached hydrogen (secondary N) is 1. The van der Waals surface area contributed by atoms with Gasteiger partial charge in [-0.2, -0.15) is 13.2 Å². The standard InChI is InChI=1S/C16H15F3N2O2/c1-9(21-13(22)8-16(17,18)19)11-7-6-10-4-2-3-5-12(10)14(11)15(20)23/h2-7,9H,8H2,1H3,(H2,20,23)(H,21,22)/t9-/m1/s1. The average molecular weight is 324 g/mol. The SMILES string of the molecule is C[C@@H](NC(=O)CC(F)(F)F)c1ccc2ccccc2c1C(N)=O. The lowest BCUT2D eigenvalue weighted by Gasteiger charge is -2.19. The van der Waals surface area contributed by atoms with Gasteiger partial charge in [-0.1, -0.05) is 36.4 Å². The van der Waals surface area contributed by atoms with Crippen LogP contribution in [-0.2, 0) is 4.79 Å². The van der Waals surface area contributed by atoms with E-state index in [0.717, 1.165) is 5.39 Å². The number of hydrogen-bond donors (Lipinski definition) is 2. The first-order valence-corrected chi connectivity index (χ1v) is 6.86. The molecule has 0 bridgehead atoms. The second kappa shape index (κ2) is 6.28. The summed E-state index contributed by atoms with van der Waals surface area (Å²) in [6.45, 7) is 1.50. The van der Waals surface area contributed by atoms with Crippen LogP contribution in [0.1, 0.15) is 35.3 Å². The maximum atomic E-state index is 12.2. The summed E-state index contributed by atoms with van der Waals surface area (Å²) in [5, 5.41) is 3.61. The molecule has 23 heavy (non-hydrogen) atoms. The minimum Gasteiger partial charge on any atom is -0.366 e. The van der Waals surface area contributed by atoms with E-state index in [1.54, 1.807) is 36.4 Å². The van der Waals surface area contributed by atoms with Gasteiger partial charge in [0.2, 0.25) is 11.8 Å². The summed E-state index contributed by atoms with van der Waals surface area (Å²) in [4.78, 5) is 23.2. The van der Waals surface area contributed by atoms with Gasteiger partial charge in [-0.05, 0) is 23.3 Å². The fraction of sp³-hybridized carbons (Fsp3) is 0.250. The first kappa shape index (κ1) is 16.8. The molecule has 2 aromatic rings. The lowest BCUT2D eigenvalue weighted by Crippen LogP contribution is -2.32. The van der Waals surface area contributed by atoms with Gasteiger partial charge in [0.25, 0.3) is 0 Å². The van der Waals surface area contributed by atoms with Gasteiger partial charge >= 0.3 is 6.18 Å². The molecule has 2 rings (SSSR count). The predicted molar refractivity (Wildman–Crippen MR) is 79.7 cm³/mol. The van der Waals surface area contributed by atoms with E-state index in [4.69, 9.17) is 5.73 Å². The minimum atomic E-state index is -4.58. The molecular formula is C16H15F3N2O2. The van der Waals surface area contributed by atoms with E-state index in [1.807, 2.05) is 0 Å². The highest BCUT2D eigenvalue weighted by molar-refractivity contribution is 6.07. The molecule has 0 radical (unpaired) electrons. The number of primary amides is 1. The third-order valence-corrected chi connectivity index (χ3v) is 3.41. The van der Waals surface area contributed by atoms with Crippen LogP contribution < -0.4 is 11.1 Å². The van der Waals surface area contributed by atoms with E-state index in [0.29, 0.717) is 10.9 Å². The summed E-state index contributed by atoms with van der Waals surface area (Å²) in [5.41, 5.74) is 6.00. The van der Waals surface area contributed by atoms with Crippen LogP contribution in [0.4, 0.5) is 13.2 Å². The third kappa shape index (κ3) is 4.00. The van der Waals surface area contributed by atoms with E-state index in [9.17, 15) is 22.8 Å². The zero-order chi connectivity index (χ0) is 17.2. The third-order valence-electron chi connectivity index (χ3n) is 3.41. The monoisotopic (exact) mass is 324 g/mol. The first-order chi connectivity index (χ1) is 10.7. The van der Waals surface area contributed by atoms with Crippen molar-refractivity contribution in [3.63, 3.8) is 0 Å². The number of halogens is 3. The molecule has 2 aromatic carbocycles. The van der Waals surface area contributed by atoms with E-state index in [1.165, 1.54) is 6.92 Å². The van der Waals surface area contributed by atoms with Gasteiger partial charge < -0.3 is 11.1 Å². The molecular weight excluding hydrogens is 309 g/mol. The van der Waals surface area contributed by atoms with E-state index < -0.39 is 30.5 Å². The van der Waals surface area contributed by atoms with Crippen molar-refractivity contribution < 1.29 is 22.8 Å². The lowest BCUT2D eigenvalue weighted by molar-refractivity contribution is -0.154. The Morgan fingerprint density at radius 1 is 1.17 bits per heavy atom. The van der Waals surface area contributed by atoms with Gasteiger partial charge in [0.15, 0.2) is 0 Å². The molecule has 2 amide bonds. The van der Waals surface area contributed by atoms with Crippen molar-refractivity contribution in [2.24, 2.45) is 5.73 Å². The van der Waals surface area contributed by atoms with Gasteiger partial charge in [0, 0.05) is 0 Å². The van der Waals surface area contributed by atoms with Crippen LogP contribution >= 0.6 is 0 Å². The predicted octanol–water partition coefficient (Wildman–Crippen LogP) is 3.07. The Kier molecular flexibility index (Phi) is 4.58. The van der Waals surface area contributed by atoms with Crippen molar-refractivity contribution in [2.45, 2.75) is 25.6 Å². The van der Waals surface area contributed by atoms with Gasteiger partial charge in [-0.3, -0.25) is 9.59 Å². The van der Waals surface area contributed by atoms with Crippen molar-refractivity contribution in [3.05, 3.63) is 47.5 Å². The molecule has 0 spiro atoms. The number of benzene rings is 2. The maximum Gasteiger partial charge on any atom is 0.397 e. The summed E-state index contributed by atoms with van der Waals surface area (Å²) in [5.74, 6) is -1.86.